The molecule has 0 bridgehead atoms. The first kappa shape index (κ1) is 15.5. The van der Waals surface area contributed by atoms with Gasteiger partial charge in [-0.05, 0) is 54.5 Å². The van der Waals surface area contributed by atoms with Gasteiger partial charge in [-0.1, -0.05) is 42.8 Å². The lowest BCUT2D eigenvalue weighted by Crippen LogP contribution is -2.23. The van der Waals surface area contributed by atoms with Gasteiger partial charge in [0.1, 0.15) is 12.0 Å². The lowest BCUT2D eigenvalue weighted by Gasteiger charge is -2.30. The molecule has 0 heterocycles. The molecule has 22 heavy (non-hydrogen) atoms. The van der Waals surface area contributed by atoms with Crippen molar-refractivity contribution in [3.8, 4) is 11.1 Å². The van der Waals surface area contributed by atoms with Gasteiger partial charge in [0.25, 0.3) is 0 Å². The molecule has 0 amide bonds. The van der Waals surface area contributed by atoms with Crippen LogP contribution in [0.1, 0.15) is 37.7 Å². The van der Waals surface area contributed by atoms with E-state index in [1.54, 1.807) is 30.3 Å². The van der Waals surface area contributed by atoms with Crippen molar-refractivity contribution >= 4 is 11.6 Å². The summed E-state index contributed by atoms with van der Waals surface area (Å²) >= 11 is 5.86. The zero-order chi connectivity index (χ0) is 15.7. The van der Waals surface area contributed by atoms with Crippen molar-refractivity contribution in [3.63, 3.8) is 0 Å². The van der Waals surface area contributed by atoms with Gasteiger partial charge in [0.05, 0.1) is 0 Å². The minimum atomic E-state index is -0.871. The molecule has 0 spiro atoms. The molecular weight excluding hydrogens is 302 g/mol. The van der Waals surface area contributed by atoms with Crippen LogP contribution >= 0.6 is 11.6 Å². The van der Waals surface area contributed by atoms with E-state index in [-0.39, 0.29) is 11.7 Å². The molecule has 1 fully saturated rings. The fraction of sp³-hybridized carbons (Fsp3) is 0.368. The Morgan fingerprint density at radius 3 is 2.41 bits per heavy atom. The zero-order valence-electron chi connectivity index (χ0n) is 12.5. The molecule has 1 saturated carbocycles. The van der Waals surface area contributed by atoms with Crippen molar-refractivity contribution in [2.45, 2.75) is 38.3 Å². The van der Waals surface area contributed by atoms with Gasteiger partial charge in [0, 0.05) is 16.5 Å². The number of halogens is 3. The number of hydrogen-bond donors (Lipinski definition) is 0. The van der Waals surface area contributed by atoms with Crippen molar-refractivity contribution in [3.05, 3.63) is 58.9 Å². The van der Waals surface area contributed by atoms with Crippen LogP contribution in [-0.4, -0.2) is 6.17 Å². The lowest BCUT2D eigenvalue weighted by molar-refractivity contribution is 0.177. The number of rotatable bonds is 2. The quantitative estimate of drug-likeness (QED) is 0.601. The maximum absolute atomic E-state index is 14.4. The Kier molecular flexibility index (Phi) is 4.49. The minimum absolute atomic E-state index is 0.176. The first-order valence-electron chi connectivity index (χ1n) is 7.74. The molecule has 3 atom stereocenters. The van der Waals surface area contributed by atoms with Gasteiger partial charge in [-0.3, -0.25) is 0 Å². The molecule has 2 aromatic rings. The molecule has 116 valence electrons. The third-order valence-electron chi connectivity index (χ3n) is 4.61. The van der Waals surface area contributed by atoms with E-state index in [0.717, 1.165) is 24.0 Å². The average Bonchev–Trinajstić information content (AvgIpc) is 2.48. The Labute approximate surface area is 135 Å². The maximum Gasteiger partial charge on any atom is 0.131 e. The van der Waals surface area contributed by atoms with Crippen molar-refractivity contribution < 1.29 is 8.78 Å². The zero-order valence-corrected chi connectivity index (χ0v) is 13.3. The van der Waals surface area contributed by atoms with Crippen LogP contribution in [0.3, 0.4) is 0 Å². The number of hydrogen-bond acceptors (Lipinski definition) is 0. The van der Waals surface area contributed by atoms with Gasteiger partial charge in [0.15, 0.2) is 0 Å². The molecule has 0 aliphatic heterocycles. The monoisotopic (exact) mass is 320 g/mol. The van der Waals surface area contributed by atoms with E-state index in [1.807, 2.05) is 6.07 Å². The summed E-state index contributed by atoms with van der Waals surface area (Å²) in [7, 11) is 0. The average molecular weight is 321 g/mol. The van der Waals surface area contributed by atoms with Crippen LogP contribution in [-0.2, 0) is 0 Å². The molecule has 1 aliphatic carbocycles. The first-order valence-corrected chi connectivity index (χ1v) is 8.12. The molecule has 3 heteroatoms. The van der Waals surface area contributed by atoms with E-state index < -0.39 is 6.17 Å². The molecule has 2 aromatic carbocycles. The van der Waals surface area contributed by atoms with E-state index in [2.05, 4.69) is 6.92 Å². The fourth-order valence-electron chi connectivity index (χ4n) is 3.31. The topological polar surface area (TPSA) is 0 Å². The molecule has 1 aliphatic rings. The summed E-state index contributed by atoms with van der Waals surface area (Å²) in [6, 6.07) is 12.2. The van der Waals surface area contributed by atoms with E-state index in [4.69, 9.17) is 11.6 Å². The lowest BCUT2D eigenvalue weighted by atomic mass is 9.78. The fourth-order valence-corrected chi connectivity index (χ4v) is 3.44. The summed E-state index contributed by atoms with van der Waals surface area (Å²) in [6.45, 7) is 2.08. The second kappa shape index (κ2) is 6.37. The van der Waals surface area contributed by atoms with Crippen molar-refractivity contribution in [2.75, 3.05) is 0 Å². The summed E-state index contributed by atoms with van der Waals surface area (Å²) in [5.74, 6) is -0.0555. The Bertz CT molecular complexity index is 651. The molecule has 0 radical (unpaired) electrons. The van der Waals surface area contributed by atoms with Gasteiger partial charge in [0.2, 0.25) is 0 Å². The Hall–Kier alpha value is -1.41. The third-order valence-corrected chi connectivity index (χ3v) is 4.86. The molecule has 0 nitrogen and oxygen atoms in total. The van der Waals surface area contributed by atoms with Crippen molar-refractivity contribution in [2.24, 2.45) is 5.92 Å². The molecule has 0 saturated heterocycles. The molecular formula is C19H19ClF2. The van der Waals surface area contributed by atoms with Gasteiger partial charge >= 0.3 is 0 Å². The largest absolute Gasteiger partial charge is 0.247 e. The molecule has 3 unspecified atom stereocenters. The van der Waals surface area contributed by atoms with Gasteiger partial charge in [-0.25, -0.2) is 8.78 Å². The van der Waals surface area contributed by atoms with Gasteiger partial charge in [-0.15, -0.1) is 0 Å². The second-order valence-corrected chi connectivity index (χ2v) is 6.72. The summed E-state index contributed by atoms with van der Waals surface area (Å²) < 4.78 is 28.7. The van der Waals surface area contributed by atoms with E-state index in [9.17, 15) is 8.78 Å². The van der Waals surface area contributed by atoms with Crippen LogP contribution in [0.2, 0.25) is 5.02 Å². The highest BCUT2D eigenvalue weighted by Crippen LogP contribution is 2.39. The summed E-state index contributed by atoms with van der Waals surface area (Å²) in [6.07, 6.45) is 1.50. The summed E-state index contributed by atoms with van der Waals surface area (Å²) in [4.78, 5) is 0. The van der Waals surface area contributed by atoms with Crippen LogP contribution < -0.4 is 0 Å². The smallest absolute Gasteiger partial charge is 0.131 e. The van der Waals surface area contributed by atoms with E-state index >= 15 is 0 Å². The molecule has 0 N–H and O–H groups in total. The third kappa shape index (κ3) is 3.17. The second-order valence-electron chi connectivity index (χ2n) is 6.29. The minimum Gasteiger partial charge on any atom is -0.247 e. The van der Waals surface area contributed by atoms with Crippen LogP contribution in [0.25, 0.3) is 11.1 Å². The SMILES string of the molecule is CC1CCC(c2ccc(-c3ccc(Cl)cc3)c(F)c2)C(F)C1. The predicted molar refractivity (Wildman–Crippen MR) is 87.5 cm³/mol. The van der Waals surface area contributed by atoms with Crippen molar-refractivity contribution in [1.29, 1.82) is 0 Å². The summed E-state index contributed by atoms with van der Waals surface area (Å²) in [5.41, 5.74) is 2.08. The highest BCUT2D eigenvalue weighted by atomic mass is 35.5. The first-order chi connectivity index (χ1) is 10.5. The van der Waals surface area contributed by atoms with Crippen molar-refractivity contribution in [1.82, 2.24) is 0 Å². The van der Waals surface area contributed by atoms with Crippen LogP contribution in [0, 0.1) is 11.7 Å². The molecule has 3 rings (SSSR count). The standard InChI is InChI=1S/C19H19ClF2/c1-12-2-8-17(18(21)10-12)14-5-9-16(19(22)11-14)13-3-6-15(20)7-4-13/h3-7,9,11-12,17-18H,2,8,10H2,1H3. The highest BCUT2D eigenvalue weighted by Gasteiger charge is 2.30. The maximum atomic E-state index is 14.4. The van der Waals surface area contributed by atoms with E-state index in [0.29, 0.717) is 22.9 Å². The van der Waals surface area contributed by atoms with Crippen LogP contribution in [0.4, 0.5) is 8.78 Å². The highest BCUT2D eigenvalue weighted by molar-refractivity contribution is 6.30. The summed E-state index contributed by atoms with van der Waals surface area (Å²) in [5, 5.41) is 0.623. The normalized spacial score (nSPS) is 25.2. The Morgan fingerprint density at radius 2 is 1.77 bits per heavy atom. The number of benzene rings is 2. The van der Waals surface area contributed by atoms with E-state index in [1.165, 1.54) is 6.07 Å². The van der Waals surface area contributed by atoms with Gasteiger partial charge < -0.3 is 0 Å². The molecule has 0 aromatic heterocycles. The number of alkyl halides is 1. The Balaban J connectivity index is 1.87. The van der Waals surface area contributed by atoms with Crippen LogP contribution in [0.5, 0.6) is 0 Å². The van der Waals surface area contributed by atoms with Gasteiger partial charge in [-0.2, -0.15) is 0 Å². The predicted octanol–water partition coefficient (Wildman–Crippen LogP) is 6.39. The van der Waals surface area contributed by atoms with Crippen LogP contribution in [0.15, 0.2) is 42.5 Å². The Morgan fingerprint density at radius 1 is 1.05 bits per heavy atom.